The van der Waals surface area contributed by atoms with Crippen LogP contribution in [0.1, 0.15) is 36.4 Å². The Morgan fingerprint density at radius 2 is 1.82 bits per heavy atom. The van der Waals surface area contributed by atoms with E-state index >= 15 is 0 Å². The zero-order chi connectivity index (χ0) is 23.4. The van der Waals surface area contributed by atoms with Crippen LogP contribution in [-0.4, -0.2) is 22.2 Å². The minimum atomic E-state index is -0.660. The van der Waals surface area contributed by atoms with Crippen LogP contribution in [0, 0.1) is 11.2 Å². The molecular weight excluding hydrogens is 465 g/mol. The molecule has 1 N–H and O–H groups in total. The van der Waals surface area contributed by atoms with Gasteiger partial charge in [0.2, 0.25) is 5.91 Å². The van der Waals surface area contributed by atoms with Crippen molar-refractivity contribution in [3.63, 3.8) is 0 Å². The van der Waals surface area contributed by atoms with E-state index in [1.54, 1.807) is 23.9 Å². The number of fused-ring (bicyclic) bond motifs is 2. The number of aliphatic imine (C=N–C) groups is 1. The lowest BCUT2D eigenvalue weighted by Crippen LogP contribution is -2.46. The quantitative estimate of drug-likeness (QED) is 0.337. The van der Waals surface area contributed by atoms with E-state index in [4.69, 9.17) is 4.99 Å². The van der Waals surface area contributed by atoms with Crippen LogP contribution in [0.3, 0.4) is 0 Å². The Kier molecular flexibility index (Phi) is 5.08. The average molecular weight is 488 g/mol. The number of carbonyl (C=O) groups excluding carboxylic acids is 1. The summed E-state index contributed by atoms with van der Waals surface area (Å²) < 4.78 is 14.3. The molecule has 2 bridgehead atoms. The zero-order valence-corrected chi connectivity index (χ0v) is 20.3. The summed E-state index contributed by atoms with van der Waals surface area (Å²) in [5, 5.41) is 7.98. The highest BCUT2D eigenvalue weighted by Crippen LogP contribution is 2.56. The largest absolute Gasteiger partial charge is 0.301 e. The van der Waals surface area contributed by atoms with Gasteiger partial charge in [-0.3, -0.25) is 9.79 Å². The summed E-state index contributed by atoms with van der Waals surface area (Å²) in [5.74, 6) is -0.177. The molecule has 1 unspecified atom stereocenters. The summed E-state index contributed by atoms with van der Waals surface area (Å²) >= 11 is 3.06. The summed E-state index contributed by atoms with van der Waals surface area (Å²) in [5.41, 5.74) is 3.34. The number of aromatic nitrogens is 1. The highest BCUT2D eigenvalue weighted by Gasteiger charge is 2.53. The third kappa shape index (κ3) is 3.21. The minimum Gasteiger partial charge on any atom is -0.301 e. The molecule has 0 radical (unpaired) electrons. The fourth-order valence-electron chi connectivity index (χ4n) is 5.31. The molecule has 3 aliphatic rings. The second kappa shape index (κ2) is 8.03. The van der Waals surface area contributed by atoms with Crippen molar-refractivity contribution in [1.82, 2.24) is 4.98 Å². The molecule has 1 aliphatic carbocycles. The van der Waals surface area contributed by atoms with Gasteiger partial charge in [0.1, 0.15) is 5.82 Å². The van der Waals surface area contributed by atoms with Crippen molar-refractivity contribution in [3.05, 3.63) is 83.0 Å². The fourth-order valence-corrected chi connectivity index (χ4v) is 6.72. The summed E-state index contributed by atoms with van der Waals surface area (Å²) in [4.78, 5) is 23.3. The number of hydrogen-bond donors (Lipinski definition) is 1. The Balaban J connectivity index is 1.31. The van der Waals surface area contributed by atoms with Crippen LogP contribution in [-0.2, 0) is 4.79 Å². The third-order valence-corrected chi connectivity index (χ3v) is 8.62. The number of hydrogen-bond acceptors (Lipinski definition) is 5. The van der Waals surface area contributed by atoms with Gasteiger partial charge < -0.3 is 5.32 Å². The number of carbonyl (C=O) groups is 1. The highest BCUT2D eigenvalue weighted by atomic mass is 32.2. The van der Waals surface area contributed by atoms with E-state index in [1.807, 2.05) is 36.6 Å². The van der Waals surface area contributed by atoms with Crippen LogP contribution < -0.4 is 5.32 Å². The molecule has 1 aromatic heterocycles. The Morgan fingerprint density at radius 1 is 1.09 bits per heavy atom. The number of anilines is 1. The molecule has 3 aromatic carbocycles. The van der Waals surface area contributed by atoms with E-state index in [0.717, 1.165) is 33.7 Å². The summed E-state index contributed by atoms with van der Waals surface area (Å²) in [7, 11) is 0. The molecule has 1 amide bonds. The van der Waals surface area contributed by atoms with Crippen LogP contribution in [0.15, 0.2) is 71.0 Å². The molecule has 4 nitrogen and oxygen atoms in total. The van der Waals surface area contributed by atoms with Gasteiger partial charge in [0.15, 0.2) is 5.13 Å². The maximum atomic E-state index is 14.3. The lowest BCUT2D eigenvalue weighted by molar-refractivity contribution is -0.127. The molecule has 170 valence electrons. The standard InChI is InChI=1S/C27H22FN3OS2/c1-27(13-20-16-8-4-6-10-19(16)23(27)30-24(20)33-2)25(32)31-26-29-22(14-34-26)18-11-12-21(28)17-9-5-3-7-15(17)18/h3-12,14,20,23H,13H2,1-2H3,(H,29,31,32)/t20-,23?,27-/m0/s1. The second-order valence-corrected chi connectivity index (χ2v) is 10.7. The molecule has 0 saturated carbocycles. The van der Waals surface area contributed by atoms with E-state index in [-0.39, 0.29) is 23.7 Å². The van der Waals surface area contributed by atoms with Gasteiger partial charge in [0.05, 0.1) is 22.2 Å². The first-order valence-electron chi connectivity index (χ1n) is 11.1. The molecule has 2 aliphatic heterocycles. The van der Waals surface area contributed by atoms with Crippen molar-refractivity contribution >= 4 is 50.0 Å². The molecule has 3 heterocycles. The van der Waals surface area contributed by atoms with Crippen molar-refractivity contribution in [2.75, 3.05) is 11.6 Å². The van der Waals surface area contributed by atoms with Gasteiger partial charge >= 0.3 is 0 Å². The van der Waals surface area contributed by atoms with Gasteiger partial charge in [-0.05, 0) is 48.2 Å². The minimum absolute atomic E-state index is 0.0641. The molecule has 7 heteroatoms. The van der Waals surface area contributed by atoms with E-state index < -0.39 is 5.41 Å². The van der Waals surface area contributed by atoms with Gasteiger partial charge in [-0.1, -0.05) is 48.5 Å². The fraction of sp³-hybridized carbons (Fsp3) is 0.222. The van der Waals surface area contributed by atoms with Gasteiger partial charge in [-0.25, -0.2) is 9.37 Å². The molecule has 7 rings (SSSR count). The van der Waals surface area contributed by atoms with Crippen LogP contribution in [0.4, 0.5) is 9.52 Å². The maximum absolute atomic E-state index is 14.3. The SMILES string of the molecule is CSC1=NC2c3ccccc3[C@@H]1C[C@]2(C)C(=O)Nc1nc(-c2ccc(F)c3ccccc23)cs1. The van der Waals surface area contributed by atoms with Crippen LogP contribution >= 0.6 is 23.1 Å². The number of thioether (sulfide) groups is 1. The number of benzene rings is 3. The van der Waals surface area contributed by atoms with Gasteiger partial charge in [-0.2, -0.15) is 0 Å². The van der Waals surface area contributed by atoms with Crippen molar-refractivity contribution < 1.29 is 9.18 Å². The van der Waals surface area contributed by atoms with Crippen molar-refractivity contribution in [1.29, 1.82) is 0 Å². The molecule has 3 atom stereocenters. The maximum Gasteiger partial charge on any atom is 0.234 e. The van der Waals surface area contributed by atoms with Crippen molar-refractivity contribution in [2.24, 2.45) is 10.4 Å². The Hall–Kier alpha value is -3.03. The molecule has 0 fully saturated rings. The molecular formula is C27H22FN3OS2. The van der Waals surface area contributed by atoms with Gasteiger partial charge in [0, 0.05) is 22.2 Å². The van der Waals surface area contributed by atoms with Crippen LogP contribution in [0.5, 0.6) is 0 Å². The number of nitrogens with zero attached hydrogens (tertiary/aromatic N) is 2. The highest BCUT2D eigenvalue weighted by molar-refractivity contribution is 8.13. The predicted octanol–water partition coefficient (Wildman–Crippen LogP) is 7.05. The number of rotatable bonds is 3. The van der Waals surface area contributed by atoms with E-state index in [2.05, 4.69) is 34.8 Å². The van der Waals surface area contributed by atoms with E-state index in [9.17, 15) is 9.18 Å². The first kappa shape index (κ1) is 21.5. The number of amides is 1. The third-order valence-electron chi connectivity index (χ3n) is 7.05. The number of thiazole rings is 1. The summed E-state index contributed by atoms with van der Waals surface area (Å²) in [6, 6.07) is 18.7. The smallest absolute Gasteiger partial charge is 0.234 e. The van der Waals surface area contributed by atoms with Gasteiger partial charge in [0.25, 0.3) is 0 Å². The summed E-state index contributed by atoms with van der Waals surface area (Å²) in [6.07, 6.45) is 2.77. The zero-order valence-electron chi connectivity index (χ0n) is 18.7. The van der Waals surface area contributed by atoms with Crippen molar-refractivity contribution in [3.8, 4) is 11.3 Å². The second-order valence-electron chi connectivity index (χ2n) is 9.01. The van der Waals surface area contributed by atoms with Crippen molar-refractivity contribution in [2.45, 2.75) is 25.3 Å². The monoisotopic (exact) mass is 487 g/mol. The molecule has 0 spiro atoms. The first-order valence-corrected chi connectivity index (χ1v) is 13.2. The Morgan fingerprint density at radius 3 is 2.62 bits per heavy atom. The average Bonchev–Trinajstić information content (AvgIpc) is 3.33. The predicted molar refractivity (Wildman–Crippen MR) is 139 cm³/mol. The molecule has 4 aromatic rings. The van der Waals surface area contributed by atoms with Crippen LogP contribution in [0.2, 0.25) is 0 Å². The Labute approximate surface area is 205 Å². The topological polar surface area (TPSA) is 54.4 Å². The summed E-state index contributed by atoms with van der Waals surface area (Å²) in [6.45, 7) is 2.01. The van der Waals surface area contributed by atoms with Crippen LogP contribution in [0.25, 0.3) is 22.0 Å². The lowest BCUT2D eigenvalue weighted by atomic mass is 9.62. The molecule has 0 saturated heterocycles. The number of halogens is 1. The first-order chi connectivity index (χ1) is 16.5. The molecule has 34 heavy (non-hydrogen) atoms. The lowest BCUT2D eigenvalue weighted by Gasteiger charge is -2.47. The van der Waals surface area contributed by atoms with Gasteiger partial charge in [-0.15, -0.1) is 23.1 Å². The number of nitrogens with one attached hydrogen (secondary N) is 1. The Bertz CT molecular complexity index is 1480. The van der Waals surface area contributed by atoms with E-state index in [0.29, 0.717) is 10.5 Å². The normalized spacial score (nSPS) is 23.0. The van der Waals surface area contributed by atoms with E-state index in [1.165, 1.54) is 23.0 Å².